The Kier molecular flexibility index (Phi) is 8.05. The van der Waals surface area contributed by atoms with Crippen LogP contribution < -0.4 is 5.32 Å². The van der Waals surface area contributed by atoms with E-state index in [-0.39, 0.29) is 11.9 Å². The van der Waals surface area contributed by atoms with Gasteiger partial charge in [-0.25, -0.2) is 4.98 Å². The predicted molar refractivity (Wildman–Crippen MR) is 129 cm³/mol. The van der Waals surface area contributed by atoms with E-state index in [9.17, 15) is 4.79 Å². The summed E-state index contributed by atoms with van der Waals surface area (Å²) in [5.41, 5.74) is 5.25. The Hall–Kier alpha value is -2.88. The van der Waals surface area contributed by atoms with Crippen molar-refractivity contribution < 1.29 is 4.79 Å². The third-order valence-corrected chi connectivity index (χ3v) is 5.68. The topological polar surface area (TPSA) is 46.9 Å². The first-order chi connectivity index (χ1) is 15.0. The molecule has 0 radical (unpaired) electrons. The van der Waals surface area contributed by atoms with E-state index in [1.54, 1.807) is 12.5 Å². The molecule has 2 aromatic carbocycles. The van der Waals surface area contributed by atoms with Crippen LogP contribution in [0, 0.1) is 5.92 Å². The molecule has 0 fully saturated rings. The molecule has 0 aliphatic heterocycles. The number of carbonyl (C=O) groups excluding carboxylic acids is 1. The van der Waals surface area contributed by atoms with Crippen LogP contribution >= 0.6 is 0 Å². The third kappa shape index (κ3) is 6.30. The van der Waals surface area contributed by atoms with E-state index in [4.69, 9.17) is 0 Å². The Morgan fingerprint density at radius 1 is 0.968 bits per heavy atom. The molecule has 3 aromatic rings. The molecule has 0 bridgehead atoms. The first kappa shape index (κ1) is 22.8. The van der Waals surface area contributed by atoms with E-state index in [1.165, 1.54) is 29.5 Å². The Balaban J connectivity index is 1.69. The number of benzene rings is 2. The smallest absolute Gasteiger partial charge is 0.270 e. The largest absolute Gasteiger partial charge is 0.348 e. The molecule has 1 aromatic heterocycles. The van der Waals surface area contributed by atoms with E-state index in [0.717, 1.165) is 24.9 Å². The van der Waals surface area contributed by atoms with Crippen LogP contribution in [0.15, 0.2) is 61.1 Å². The molecular weight excluding hydrogens is 382 g/mol. The van der Waals surface area contributed by atoms with Crippen molar-refractivity contribution >= 4 is 5.91 Å². The fourth-order valence-corrected chi connectivity index (χ4v) is 3.68. The van der Waals surface area contributed by atoms with Crippen molar-refractivity contribution in [2.24, 2.45) is 5.92 Å². The average Bonchev–Trinajstić information content (AvgIpc) is 3.27. The van der Waals surface area contributed by atoms with Gasteiger partial charge in [0.15, 0.2) is 0 Å². The minimum atomic E-state index is -0.0829. The fourth-order valence-electron chi connectivity index (χ4n) is 3.68. The van der Waals surface area contributed by atoms with Crippen LogP contribution in [-0.4, -0.2) is 21.5 Å². The maximum atomic E-state index is 12.8. The number of unbranched alkanes of at least 4 members (excludes halogenated alkanes) is 1. The summed E-state index contributed by atoms with van der Waals surface area (Å²) in [6.07, 6.45) is 8.99. The molecule has 0 saturated heterocycles. The highest BCUT2D eigenvalue weighted by molar-refractivity contribution is 5.93. The van der Waals surface area contributed by atoms with Gasteiger partial charge in [0, 0.05) is 11.7 Å². The third-order valence-electron chi connectivity index (χ3n) is 5.68. The summed E-state index contributed by atoms with van der Waals surface area (Å²) < 4.78 is 1.85. The van der Waals surface area contributed by atoms with Crippen LogP contribution in [-0.2, 0) is 6.42 Å². The molecule has 0 saturated carbocycles. The van der Waals surface area contributed by atoms with Gasteiger partial charge in [-0.2, -0.15) is 0 Å². The van der Waals surface area contributed by atoms with E-state index < -0.39 is 0 Å². The number of carbonyl (C=O) groups is 1. The zero-order valence-electron chi connectivity index (χ0n) is 19.3. The van der Waals surface area contributed by atoms with Gasteiger partial charge in [-0.1, -0.05) is 63.6 Å². The molecule has 1 amide bonds. The Labute approximate surface area is 186 Å². The molecule has 1 N–H and O–H groups in total. The van der Waals surface area contributed by atoms with Crippen molar-refractivity contribution in [1.29, 1.82) is 0 Å². The van der Waals surface area contributed by atoms with Gasteiger partial charge >= 0.3 is 0 Å². The number of rotatable bonds is 10. The van der Waals surface area contributed by atoms with Gasteiger partial charge in [0.2, 0.25) is 0 Å². The highest BCUT2D eigenvalue weighted by Gasteiger charge is 2.15. The summed E-state index contributed by atoms with van der Waals surface area (Å²) in [4.78, 5) is 17.0. The van der Waals surface area contributed by atoms with Crippen LogP contribution in [0.3, 0.4) is 0 Å². The lowest BCUT2D eigenvalue weighted by Crippen LogP contribution is -2.33. The number of nitrogens with zero attached hydrogens (tertiary/aromatic N) is 2. The molecule has 4 heteroatoms. The molecule has 1 heterocycles. The molecule has 0 spiro atoms. The van der Waals surface area contributed by atoms with Crippen molar-refractivity contribution in [3.63, 3.8) is 0 Å². The van der Waals surface area contributed by atoms with Crippen molar-refractivity contribution in [2.45, 2.75) is 65.8 Å². The second-order valence-electron chi connectivity index (χ2n) is 8.84. The summed E-state index contributed by atoms with van der Waals surface area (Å²) in [6, 6.07) is 17.2. The SMILES string of the molecule is CCCCc1ccc(-c2ccc(-n3cncc3C(=O)N[C@H](C)CCC(C)C)cc2)cc1. The molecule has 0 aliphatic carbocycles. The summed E-state index contributed by atoms with van der Waals surface area (Å²) in [6.45, 7) is 8.68. The number of aryl methyl sites for hydroxylation is 1. The van der Waals surface area contributed by atoms with Gasteiger partial charge in [0.25, 0.3) is 5.91 Å². The molecule has 1 atom stereocenters. The van der Waals surface area contributed by atoms with Crippen molar-refractivity contribution in [2.75, 3.05) is 0 Å². The fraction of sp³-hybridized carbons (Fsp3) is 0.407. The van der Waals surface area contributed by atoms with E-state index in [2.05, 4.69) is 74.4 Å². The van der Waals surface area contributed by atoms with Crippen LogP contribution in [0.2, 0.25) is 0 Å². The Morgan fingerprint density at radius 2 is 1.61 bits per heavy atom. The van der Waals surface area contributed by atoms with Crippen molar-refractivity contribution in [3.05, 3.63) is 72.3 Å². The normalized spacial score (nSPS) is 12.2. The van der Waals surface area contributed by atoms with Crippen LogP contribution in [0.5, 0.6) is 0 Å². The second kappa shape index (κ2) is 10.9. The van der Waals surface area contributed by atoms with Gasteiger partial charge in [0.05, 0.1) is 12.5 Å². The lowest BCUT2D eigenvalue weighted by atomic mass is 10.0. The first-order valence-electron chi connectivity index (χ1n) is 11.5. The quantitative estimate of drug-likeness (QED) is 0.413. The monoisotopic (exact) mass is 417 g/mol. The summed E-state index contributed by atoms with van der Waals surface area (Å²) in [5, 5.41) is 3.11. The van der Waals surface area contributed by atoms with Gasteiger partial charge in [0.1, 0.15) is 5.69 Å². The number of aromatic nitrogens is 2. The molecule has 4 nitrogen and oxygen atoms in total. The molecule has 0 unspecified atom stereocenters. The lowest BCUT2D eigenvalue weighted by Gasteiger charge is -2.16. The molecular formula is C27H35N3O. The van der Waals surface area contributed by atoms with E-state index in [0.29, 0.717) is 11.6 Å². The number of hydrogen-bond acceptors (Lipinski definition) is 2. The summed E-state index contributed by atoms with van der Waals surface area (Å²) in [5.74, 6) is 0.552. The van der Waals surface area contributed by atoms with Crippen LogP contribution in [0.4, 0.5) is 0 Å². The van der Waals surface area contributed by atoms with Crippen molar-refractivity contribution in [1.82, 2.24) is 14.9 Å². The standard InChI is InChI=1S/C27H35N3O/c1-5-6-7-22-10-12-23(13-11-22)24-14-16-25(17-15-24)30-19-28-18-26(30)27(31)29-21(4)9-8-20(2)3/h10-21H,5-9H2,1-4H3,(H,29,31)/t21-/m1/s1. The minimum Gasteiger partial charge on any atom is -0.348 e. The molecule has 0 aliphatic rings. The molecule has 31 heavy (non-hydrogen) atoms. The maximum Gasteiger partial charge on any atom is 0.270 e. The molecule has 3 rings (SSSR count). The minimum absolute atomic E-state index is 0.0829. The Bertz CT molecular complexity index is 955. The van der Waals surface area contributed by atoms with Crippen LogP contribution in [0.25, 0.3) is 16.8 Å². The van der Waals surface area contributed by atoms with Crippen molar-refractivity contribution in [3.8, 4) is 16.8 Å². The van der Waals surface area contributed by atoms with Gasteiger partial charge in [-0.05, 0) is 67.3 Å². The number of amides is 1. The second-order valence-corrected chi connectivity index (χ2v) is 8.84. The number of imidazole rings is 1. The zero-order valence-corrected chi connectivity index (χ0v) is 19.3. The highest BCUT2D eigenvalue weighted by atomic mass is 16.2. The maximum absolute atomic E-state index is 12.8. The zero-order chi connectivity index (χ0) is 22.2. The average molecular weight is 418 g/mol. The van der Waals surface area contributed by atoms with Crippen LogP contribution in [0.1, 0.15) is 69.4 Å². The lowest BCUT2D eigenvalue weighted by molar-refractivity contribution is 0.0930. The van der Waals surface area contributed by atoms with Gasteiger partial charge in [-0.3, -0.25) is 9.36 Å². The number of hydrogen-bond donors (Lipinski definition) is 1. The highest BCUT2D eigenvalue weighted by Crippen LogP contribution is 2.23. The van der Waals surface area contributed by atoms with Gasteiger partial charge in [-0.15, -0.1) is 0 Å². The molecule has 164 valence electrons. The first-order valence-corrected chi connectivity index (χ1v) is 11.5. The Morgan fingerprint density at radius 3 is 2.23 bits per heavy atom. The van der Waals surface area contributed by atoms with E-state index in [1.807, 2.05) is 16.7 Å². The van der Waals surface area contributed by atoms with E-state index >= 15 is 0 Å². The number of nitrogens with one attached hydrogen (secondary N) is 1. The predicted octanol–water partition coefficient (Wildman–Crippen LogP) is 6.44. The summed E-state index contributed by atoms with van der Waals surface area (Å²) >= 11 is 0. The van der Waals surface area contributed by atoms with Gasteiger partial charge < -0.3 is 5.32 Å². The summed E-state index contributed by atoms with van der Waals surface area (Å²) in [7, 11) is 0.